The SMILES string of the molecule is O=C(/C=C/c1cccc(Cl)c1)OCc1coc(-c2cccs2)n1. The molecule has 0 bridgehead atoms. The quantitative estimate of drug-likeness (QED) is 0.491. The van der Waals surface area contributed by atoms with E-state index >= 15 is 0 Å². The summed E-state index contributed by atoms with van der Waals surface area (Å²) in [5, 5.41) is 2.56. The first-order valence-corrected chi connectivity index (χ1v) is 8.05. The highest BCUT2D eigenvalue weighted by Crippen LogP contribution is 2.23. The van der Waals surface area contributed by atoms with Crippen LogP contribution in [0.1, 0.15) is 11.3 Å². The Hall–Kier alpha value is -2.37. The van der Waals surface area contributed by atoms with Crippen LogP contribution in [0.3, 0.4) is 0 Å². The van der Waals surface area contributed by atoms with Gasteiger partial charge in [0.15, 0.2) is 0 Å². The van der Waals surface area contributed by atoms with Crippen LogP contribution in [0.15, 0.2) is 58.5 Å². The molecule has 0 saturated heterocycles. The number of aromatic nitrogens is 1. The van der Waals surface area contributed by atoms with Crippen LogP contribution in [0, 0.1) is 0 Å². The molecule has 0 N–H and O–H groups in total. The number of ether oxygens (including phenoxy) is 1. The Balaban J connectivity index is 1.55. The number of rotatable bonds is 5. The molecule has 0 saturated carbocycles. The summed E-state index contributed by atoms with van der Waals surface area (Å²) in [5.41, 5.74) is 1.40. The monoisotopic (exact) mass is 345 g/mol. The maximum atomic E-state index is 11.7. The van der Waals surface area contributed by atoms with Gasteiger partial charge in [-0.05, 0) is 35.2 Å². The molecule has 2 aromatic heterocycles. The van der Waals surface area contributed by atoms with Crippen molar-refractivity contribution in [3.63, 3.8) is 0 Å². The highest BCUT2D eigenvalue weighted by Gasteiger charge is 2.08. The average molecular weight is 346 g/mol. The molecule has 3 rings (SSSR count). The molecular formula is C17H12ClNO3S. The average Bonchev–Trinajstić information content (AvgIpc) is 3.22. The molecule has 0 spiro atoms. The summed E-state index contributed by atoms with van der Waals surface area (Å²) in [6.07, 6.45) is 4.49. The highest BCUT2D eigenvalue weighted by atomic mass is 35.5. The van der Waals surface area contributed by atoms with Crippen molar-refractivity contribution in [1.82, 2.24) is 4.98 Å². The van der Waals surface area contributed by atoms with Gasteiger partial charge >= 0.3 is 5.97 Å². The molecule has 0 aliphatic heterocycles. The molecule has 0 fully saturated rings. The van der Waals surface area contributed by atoms with Crippen molar-refractivity contribution in [1.29, 1.82) is 0 Å². The molecule has 0 unspecified atom stereocenters. The smallest absolute Gasteiger partial charge is 0.331 e. The first-order valence-electron chi connectivity index (χ1n) is 6.79. The minimum absolute atomic E-state index is 0.0631. The number of halogens is 1. The minimum Gasteiger partial charge on any atom is -0.456 e. The fraction of sp³-hybridized carbons (Fsp3) is 0.0588. The van der Waals surface area contributed by atoms with Gasteiger partial charge in [-0.2, -0.15) is 0 Å². The number of hydrogen-bond donors (Lipinski definition) is 0. The zero-order chi connectivity index (χ0) is 16.1. The van der Waals surface area contributed by atoms with Crippen LogP contribution in [-0.2, 0) is 16.1 Å². The summed E-state index contributed by atoms with van der Waals surface area (Å²) in [6, 6.07) is 11.0. The van der Waals surface area contributed by atoms with E-state index < -0.39 is 5.97 Å². The van der Waals surface area contributed by atoms with Crippen LogP contribution in [0.2, 0.25) is 5.02 Å². The second-order valence-corrected chi connectivity index (χ2v) is 6.00. The van der Waals surface area contributed by atoms with Crippen LogP contribution in [0.4, 0.5) is 0 Å². The van der Waals surface area contributed by atoms with Crippen molar-refractivity contribution in [3.05, 3.63) is 70.4 Å². The predicted molar refractivity (Wildman–Crippen MR) is 90.1 cm³/mol. The van der Waals surface area contributed by atoms with Crippen molar-refractivity contribution in [3.8, 4) is 10.8 Å². The summed E-state index contributed by atoms with van der Waals surface area (Å²) < 4.78 is 10.5. The van der Waals surface area contributed by atoms with E-state index in [1.165, 1.54) is 23.7 Å². The van der Waals surface area contributed by atoms with Gasteiger partial charge in [0.25, 0.3) is 0 Å². The van der Waals surface area contributed by atoms with Gasteiger partial charge in [-0.15, -0.1) is 11.3 Å². The van der Waals surface area contributed by atoms with Gasteiger partial charge in [0, 0.05) is 11.1 Å². The maximum Gasteiger partial charge on any atom is 0.331 e. The van der Waals surface area contributed by atoms with Crippen LogP contribution in [-0.4, -0.2) is 11.0 Å². The van der Waals surface area contributed by atoms with Crippen LogP contribution in [0.5, 0.6) is 0 Å². The Morgan fingerprint density at radius 3 is 3.04 bits per heavy atom. The normalized spacial score (nSPS) is 11.0. The minimum atomic E-state index is -0.453. The van der Waals surface area contributed by atoms with E-state index in [9.17, 15) is 4.79 Å². The van der Waals surface area contributed by atoms with Crippen LogP contribution in [0.25, 0.3) is 16.8 Å². The van der Waals surface area contributed by atoms with Gasteiger partial charge < -0.3 is 9.15 Å². The Morgan fingerprint density at radius 1 is 1.35 bits per heavy atom. The van der Waals surface area contributed by atoms with Crippen molar-refractivity contribution < 1.29 is 13.9 Å². The third-order valence-electron chi connectivity index (χ3n) is 2.91. The van der Waals surface area contributed by atoms with Crippen LogP contribution < -0.4 is 0 Å². The molecule has 6 heteroatoms. The zero-order valence-electron chi connectivity index (χ0n) is 11.9. The molecule has 0 aliphatic carbocycles. The van der Waals surface area contributed by atoms with Gasteiger partial charge in [-0.25, -0.2) is 9.78 Å². The molecule has 0 atom stereocenters. The van der Waals surface area contributed by atoms with Crippen LogP contribution >= 0.6 is 22.9 Å². The number of carbonyl (C=O) groups excluding carboxylic acids is 1. The topological polar surface area (TPSA) is 52.3 Å². The van der Waals surface area contributed by atoms with E-state index in [1.807, 2.05) is 29.6 Å². The summed E-state index contributed by atoms with van der Waals surface area (Å²) in [7, 11) is 0. The van der Waals surface area contributed by atoms with Crippen molar-refractivity contribution in [2.45, 2.75) is 6.61 Å². The summed E-state index contributed by atoms with van der Waals surface area (Å²) in [5.74, 6) is 0.0752. The second kappa shape index (κ2) is 7.26. The van der Waals surface area contributed by atoms with Crippen molar-refractivity contribution in [2.75, 3.05) is 0 Å². The summed E-state index contributed by atoms with van der Waals surface area (Å²) in [6.45, 7) is 0.0631. The summed E-state index contributed by atoms with van der Waals surface area (Å²) in [4.78, 5) is 16.9. The van der Waals surface area contributed by atoms with E-state index in [2.05, 4.69) is 4.98 Å². The maximum absolute atomic E-state index is 11.7. The number of oxazole rings is 1. The largest absolute Gasteiger partial charge is 0.456 e. The summed E-state index contributed by atoms with van der Waals surface area (Å²) >= 11 is 7.41. The predicted octanol–water partition coefficient (Wildman–Crippen LogP) is 4.81. The lowest BCUT2D eigenvalue weighted by molar-refractivity contribution is -0.139. The molecule has 116 valence electrons. The number of esters is 1. The van der Waals surface area contributed by atoms with Crippen molar-refractivity contribution >= 4 is 35.0 Å². The number of thiophene rings is 1. The van der Waals surface area contributed by atoms with E-state index in [4.69, 9.17) is 20.8 Å². The van der Waals surface area contributed by atoms with Crippen molar-refractivity contribution in [2.24, 2.45) is 0 Å². The second-order valence-electron chi connectivity index (χ2n) is 4.62. The van der Waals surface area contributed by atoms with Gasteiger partial charge in [0.2, 0.25) is 5.89 Å². The molecular weight excluding hydrogens is 334 g/mol. The fourth-order valence-electron chi connectivity index (χ4n) is 1.85. The van der Waals surface area contributed by atoms with Gasteiger partial charge in [-0.3, -0.25) is 0 Å². The Morgan fingerprint density at radius 2 is 2.26 bits per heavy atom. The van der Waals surface area contributed by atoms with E-state index in [1.54, 1.807) is 18.2 Å². The van der Waals surface area contributed by atoms with Gasteiger partial charge in [0.05, 0.1) is 4.88 Å². The molecule has 1 aromatic carbocycles. The Labute approximate surface area is 142 Å². The molecule has 23 heavy (non-hydrogen) atoms. The molecule has 4 nitrogen and oxygen atoms in total. The molecule has 3 aromatic rings. The first kappa shape index (κ1) is 15.5. The van der Waals surface area contributed by atoms with E-state index in [0.717, 1.165) is 10.4 Å². The Kier molecular flexibility index (Phi) is 4.90. The lowest BCUT2D eigenvalue weighted by Crippen LogP contribution is -2.00. The Bertz CT molecular complexity index is 824. The number of hydrogen-bond acceptors (Lipinski definition) is 5. The van der Waals surface area contributed by atoms with Gasteiger partial charge in [0.1, 0.15) is 18.6 Å². The lowest BCUT2D eigenvalue weighted by atomic mass is 10.2. The molecule has 0 aliphatic rings. The molecule has 2 heterocycles. The zero-order valence-corrected chi connectivity index (χ0v) is 13.5. The fourth-order valence-corrected chi connectivity index (χ4v) is 2.71. The first-order chi connectivity index (χ1) is 11.2. The third-order valence-corrected chi connectivity index (χ3v) is 4.00. The lowest BCUT2D eigenvalue weighted by Gasteiger charge is -1.98. The molecule has 0 amide bonds. The molecule has 0 radical (unpaired) electrons. The highest BCUT2D eigenvalue weighted by molar-refractivity contribution is 7.13. The third kappa shape index (κ3) is 4.31. The number of benzene rings is 1. The number of carbonyl (C=O) groups is 1. The standard InChI is InChI=1S/C17H12ClNO3S/c18-13-4-1-3-12(9-13)6-7-16(20)21-10-14-11-22-17(19-14)15-5-2-8-23-15/h1-9,11H,10H2/b7-6+. The van der Waals surface area contributed by atoms with Gasteiger partial charge in [-0.1, -0.05) is 29.8 Å². The number of nitrogens with zero attached hydrogens (tertiary/aromatic N) is 1. The van der Waals surface area contributed by atoms with E-state index in [0.29, 0.717) is 16.6 Å². The van der Waals surface area contributed by atoms with E-state index in [-0.39, 0.29) is 6.61 Å².